The first-order valence-electron chi connectivity index (χ1n) is 5.58. The molecule has 84 valence electrons. The summed E-state index contributed by atoms with van der Waals surface area (Å²) in [5.74, 6) is 0. The van der Waals surface area contributed by atoms with Gasteiger partial charge in [0.05, 0.1) is 0 Å². The highest BCUT2D eigenvalue weighted by atomic mass is 32.1. The van der Waals surface area contributed by atoms with Gasteiger partial charge in [-0.3, -0.25) is 0 Å². The van der Waals surface area contributed by atoms with E-state index < -0.39 is 0 Å². The van der Waals surface area contributed by atoms with Gasteiger partial charge >= 0.3 is 0 Å². The van der Waals surface area contributed by atoms with E-state index >= 15 is 0 Å². The largest absolute Gasteiger partial charge is 0.342 e. The number of nitrogens with zero attached hydrogens (tertiary/aromatic N) is 3. The Bertz CT molecular complexity index is 312. The number of aromatic nitrogens is 2. The molecule has 1 aliphatic heterocycles. The van der Waals surface area contributed by atoms with Crippen LogP contribution in [0.3, 0.4) is 0 Å². The molecule has 1 unspecified atom stereocenters. The van der Waals surface area contributed by atoms with Crippen LogP contribution < -0.4 is 10.6 Å². The van der Waals surface area contributed by atoms with E-state index in [2.05, 4.69) is 15.1 Å². The topological polar surface area (TPSA) is 55.0 Å². The van der Waals surface area contributed by atoms with E-state index in [0.29, 0.717) is 6.04 Å². The third-order valence-corrected chi connectivity index (χ3v) is 3.79. The van der Waals surface area contributed by atoms with Gasteiger partial charge in [0.25, 0.3) is 0 Å². The van der Waals surface area contributed by atoms with Gasteiger partial charge in [0.2, 0.25) is 5.13 Å². The lowest BCUT2D eigenvalue weighted by Gasteiger charge is -2.27. The third kappa shape index (κ3) is 2.46. The van der Waals surface area contributed by atoms with Gasteiger partial charge in [-0.05, 0) is 19.8 Å². The average Bonchev–Trinajstić information content (AvgIpc) is 2.54. The smallest absolute Gasteiger partial charge is 0.208 e. The van der Waals surface area contributed by atoms with Gasteiger partial charge < -0.3 is 10.6 Å². The molecule has 2 rings (SSSR count). The van der Waals surface area contributed by atoms with Crippen LogP contribution in [0.1, 0.15) is 30.7 Å². The first-order chi connectivity index (χ1) is 7.31. The van der Waals surface area contributed by atoms with Crippen molar-refractivity contribution in [1.82, 2.24) is 10.2 Å². The Morgan fingerprint density at radius 1 is 1.40 bits per heavy atom. The molecular formula is C10H18N4S. The lowest BCUT2D eigenvalue weighted by atomic mass is 10.1. The maximum atomic E-state index is 5.82. The minimum absolute atomic E-state index is 0.458. The van der Waals surface area contributed by atoms with Crippen molar-refractivity contribution < 1.29 is 0 Å². The van der Waals surface area contributed by atoms with Crippen LogP contribution in [0.25, 0.3) is 0 Å². The average molecular weight is 226 g/mol. The van der Waals surface area contributed by atoms with Crippen molar-refractivity contribution in [3.63, 3.8) is 0 Å². The van der Waals surface area contributed by atoms with Crippen LogP contribution in [0.5, 0.6) is 0 Å². The zero-order chi connectivity index (χ0) is 10.7. The highest BCUT2D eigenvalue weighted by Gasteiger charge is 2.22. The summed E-state index contributed by atoms with van der Waals surface area (Å²) in [4.78, 5) is 2.34. The summed E-state index contributed by atoms with van der Waals surface area (Å²) in [6, 6.07) is 0.458. The molecule has 1 aromatic heterocycles. The fourth-order valence-electron chi connectivity index (χ4n) is 2.08. The number of anilines is 1. The van der Waals surface area contributed by atoms with Gasteiger partial charge in [-0.15, -0.1) is 10.2 Å². The maximum absolute atomic E-state index is 5.82. The molecule has 0 aromatic carbocycles. The van der Waals surface area contributed by atoms with Gasteiger partial charge in [0.15, 0.2) is 0 Å². The molecular weight excluding hydrogens is 208 g/mol. The molecule has 0 aliphatic carbocycles. The number of rotatable bonds is 2. The molecule has 2 heterocycles. The Hall–Kier alpha value is -0.680. The molecule has 0 spiro atoms. The fourth-order valence-corrected chi connectivity index (χ4v) is 2.86. The van der Waals surface area contributed by atoms with Gasteiger partial charge in [0.1, 0.15) is 5.01 Å². The summed E-state index contributed by atoms with van der Waals surface area (Å²) in [6.07, 6.45) is 5.03. The Balaban J connectivity index is 2.16. The zero-order valence-electron chi connectivity index (χ0n) is 9.15. The minimum Gasteiger partial charge on any atom is -0.342 e. The second kappa shape index (κ2) is 4.90. The molecule has 0 radical (unpaired) electrons. The summed E-state index contributed by atoms with van der Waals surface area (Å²) in [5, 5.41) is 10.4. The summed E-state index contributed by atoms with van der Waals surface area (Å²) in [7, 11) is 0. The standard InChI is InChI=1S/C10H18N4S/c1-8-12-13-10(15-8)14-6-4-2-3-5-9(14)7-11/h9H,2-7,11H2,1H3. The lowest BCUT2D eigenvalue weighted by Crippen LogP contribution is -2.40. The second-order valence-electron chi connectivity index (χ2n) is 4.04. The Kier molecular flexibility index (Phi) is 3.53. The van der Waals surface area contributed by atoms with Gasteiger partial charge in [0, 0.05) is 19.1 Å². The van der Waals surface area contributed by atoms with E-state index in [4.69, 9.17) is 5.73 Å². The minimum atomic E-state index is 0.458. The van der Waals surface area contributed by atoms with Crippen LogP contribution in [0, 0.1) is 6.92 Å². The maximum Gasteiger partial charge on any atom is 0.208 e. The molecule has 1 atom stereocenters. The first kappa shape index (κ1) is 10.8. The molecule has 15 heavy (non-hydrogen) atoms. The molecule has 1 aromatic rings. The summed E-state index contributed by atoms with van der Waals surface area (Å²) in [6.45, 7) is 3.80. The molecule has 0 saturated carbocycles. The predicted octanol–water partition coefficient (Wildman–Crippen LogP) is 1.55. The molecule has 5 heteroatoms. The van der Waals surface area contributed by atoms with Crippen LogP contribution in [-0.4, -0.2) is 29.3 Å². The summed E-state index contributed by atoms with van der Waals surface area (Å²) < 4.78 is 0. The third-order valence-electron chi connectivity index (χ3n) is 2.91. The van der Waals surface area contributed by atoms with Crippen molar-refractivity contribution in [3.05, 3.63) is 5.01 Å². The molecule has 0 bridgehead atoms. The number of hydrogen-bond acceptors (Lipinski definition) is 5. The first-order valence-corrected chi connectivity index (χ1v) is 6.39. The molecule has 1 aliphatic rings. The van der Waals surface area contributed by atoms with Crippen molar-refractivity contribution in [2.75, 3.05) is 18.0 Å². The van der Waals surface area contributed by atoms with E-state index in [1.807, 2.05) is 6.92 Å². The van der Waals surface area contributed by atoms with Crippen LogP contribution in [-0.2, 0) is 0 Å². The van der Waals surface area contributed by atoms with E-state index in [-0.39, 0.29) is 0 Å². The molecule has 2 N–H and O–H groups in total. The Labute approximate surface area is 94.5 Å². The van der Waals surface area contributed by atoms with Crippen molar-refractivity contribution in [2.24, 2.45) is 5.73 Å². The highest BCUT2D eigenvalue weighted by Crippen LogP contribution is 2.26. The van der Waals surface area contributed by atoms with Crippen LogP contribution in [0.15, 0.2) is 0 Å². The monoisotopic (exact) mass is 226 g/mol. The Morgan fingerprint density at radius 3 is 2.93 bits per heavy atom. The van der Waals surface area contributed by atoms with Crippen molar-refractivity contribution in [3.8, 4) is 0 Å². The zero-order valence-corrected chi connectivity index (χ0v) is 9.96. The fraction of sp³-hybridized carbons (Fsp3) is 0.800. The normalized spacial score (nSPS) is 22.8. The van der Waals surface area contributed by atoms with Gasteiger partial charge in [-0.2, -0.15) is 0 Å². The molecule has 1 saturated heterocycles. The highest BCUT2D eigenvalue weighted by molar-refractivity contribution is 7.15. The number of aryl methyl sites for hydroxylation is 1. The summed E-state index contributed by atoms with van der Waals surface area (Å²) in [5.41, 5.74) is 5.82. The van der Waals surface area contributed by atoms with Crippen molar-refractivity contribution >= 4 is 16.5 Å². The van der Waals surface area contributed by atoms with E-state index in [1.165, 1.54) is 25.7 Å². The SMILES string of the molecule is Cc1nnc(N2CCCCCC2CN)s1. The van der Waals surface area contributed by atoms with Crippen LogP contribution >= 0.6 is 11.3 Å². The van der Waals surface area contributed by atoms with Gasteiger partial charge in [-0.1, -0.05) is 24.2 Å². The second-order valence-corrected chi connectivity index (χ2v) is 5.20. The van der Waals surface area contributed by atoms with E-state index in [9.17, 15) is 0 Å². The van der Waals surface area contributed by atoms with Crippen LogP contribution in [0.2, 0.25) is 0 Å². The summed E-state index contributed by atoms with van der Waals surface area (Å²) >= 11 is 1.67. The van der Waals surface area contributed by atoms with Crippen molar-refractivity contribution in [1.29, 1.82) is 0 Å². The van der Waals surface area contributed by atoms with Crippen LogP contribution in [0.4, 0.5) is 5.13 Å². The Morgan fingerprint density at radius 2 is 2.27 bits per heavy atom. The molecule has 0 amide bonds. The van der Waals surface area contributed by atoms with Gasteiger partial charge in [-0.25, -0.2) is 0 Å². The predicted molar refractivity (Wildman–Crippen MR) is 63.3 cm³/mol. The van der Waals surface area contributed by atoms with E-state index in [1.54, 1.807) is 11.3 Å². The molecule has 1 fully saturated rings. The quantitative estimate of drug-likeness (QED) is 0.831. The number of hydrogen-bond donors (Lipinski definition) is 1. The lowest BCUT2D eigenvalue weighted by molar-refractivity contribution is 0.577. The van der Waals surface area contributed by atoms with E-state index in [0.717, 1.165) is 23.2 Å². The molecule has 4 nitrogen and oxygen atoms in total. The van der Waals surface area contributed by atoms with Crippen molar-refractivity contribution in [2.45, 2.75) is 38.6 Å². The number of nitrogens with two attached hydrogens (primary N) is 1.